The van der Waals surface area contributed by atoms with E-state index in [1.807, 2.05) is 24.3 Å². The smallest absolute Gasteiger partial charge is 0.325 e. The standard InChI is InChI=1S/C23H29N7O6/c1-12(23(35)36)28-22(34)19(10-31)30-21(33)18(6-13-8-26-17-5-3-2-4-15(13)17)29-20(32)16(24)7-14-9-25-11-27-14/h2-5,8-9,11-12,16,18-19,26,31H,6-7,10,24H2,1H3,(H,25,27)(H,28,34)(H,29,32)(H,30,33)(H,35,36). The topological polar surface area (TPSA) is 215 Å². The Balaban J connectivity index is 1.77. The molecular weight excluding hydrogens is 470 g/mol. The molecule has 0 aliphatic rings. The summed E-state index contributed by atoms with van der Waals surface area (Å²) in [6.07, 6.45) is 4.92. The maximum atomic E-state index is 13.2. The van der Waals surface area contributed by atoms with E-state index in [0.717, 1.165) is 16.5 Å². The van der Waals surface area contributed by atoms with Crippen LogP contribution in [0.3, 0.4) is 0 Å². The summed E-state index contributed by atoms with van der Waals surface area (Å²) in [5, 5.41) is 26.7. The summed E-state index contributed by atoms with van der Waals surface area (Å²) in [4.78, 5) is 59.3. The number of fused-ring (bicyclic) bond motifs is 1. The zero-order valence-corrected chi connectivity index (χ0v) is 19.5. The van der Waals surface area contributed by atoms with Crippen molar-refractivity contribution in [3.63, 3.8) is 0 Å². The Hall–Kier alpha value is -4.23. The van der Waals surface area contributed by atoms with E-state index in [9.17, 15) is 24.3 Å². The molecule has 3 amide bonds. The van der Waals surface area contributed by atoms with Crippen LogP contribution < -0.4 is 21.7 Å². The van der Waals surface area contributed by atoms with Gasteiger partial charge in [-0.15, -0.1) is 0 Å². The number of aromatic amines is 2. The van der Waals surface area contributed by atoms with E-state index in [-0.39, 0.29) is 12.8 Å². The van der Waals surface area contributed by atoms with E-state index in [2.05, 4.69) is 30.9 Å². The highest BCUT2D eigenvalue weighted by molar-refractivity contribution is 5.95. The Morgan fingerprint density at radius 1 is 1.00 bits per heavy atom. The molecule has 0 aliphatic heterocycles. The minimum atomic E-state index is -1.43. The molecule has 4 atom stereocenters. The maximum absolute atomic E-state index is 13.2. The first-order valence-corrected chi connectivity index (χ1v) is 11.2. The maximum Gasteiger partial charge on any atom is 0.325 e. The highest BCUT2D eigenvalue weighted by atomic mass is 16.4. The number of imidazole rings is 1. The van der Waals surface area contributed by atoms with Gasteiger partial charge in [0.05, 0.1) is 19.0 Å². The Morgan fingerprint density at radius 3 is 2.36 bits per heavy atom. The average molecular weight is 500 g/mol. The Morgan fingerprint density at radius 2 is 1.69 bits per heavy atom. The minimum absolute atomic E-state index is 0.0592. The number of aliphatic carboxylic acids is 1. The summed E-state index contributed by atoms with van der Waals surface area (Å²) >= 11 is 0. The number of hydrogen-bond donors (Lipinski definition) is 8. The predicted molar refractivity (Wildman–Crippen MR) is 128 cm³/mol. The predicted octanol–water partition coefficient (Wildman–Crippen LogP) is -1.45. The third kappa shape index (κ3) is 6.67. The number of rotatable bonds is 12. The van der Waals surface area contributed by atoms with Crippen LogP contribution in [-0.4, -0.2) is 79.6 Å². The van der Waals surface area contributed by atoms with E-state index in [0.29, 0.717) is 5.69 Å². The third-order valence-electron chi connectivity index (χ3n) is 5.61. The monoisotopic (exact) mass is 499 g/mol. The van der Waals surface area contributed by atoms with Gasteiger partial charge in [0.1, 0.15) is 18.1 Å². The fourth-order valence-corrected chi connectivity index (χ4v) is 3.58. The van der Waals surface area contributed by atoms with Crippen LogP contribution in [0.1, 0.15) is 18.2 Å². The van der Waals surface area contributed by atoms with Crippen LogP contribution in [0.15, 0.2) is 43.0 Å². The van der Waals surface area contributed by atoms with E-state index in [1.165, 1.54) is 19.4 Å². The number of carbonyl (C=O) groups excluding carboxylic acids is 3. The van der Waals surface area contributed by atoms with Crippen LogP contribution in [0.2, 0.25) is 0 Å². The molecule has 1 aromatic carbocycles. The molecule has 3 aromatic rings. The number of benzene rings is 1. The molecular formula is C23H29N7O6. The second-order valence-electron chi connectivity index (χ2n) is 8.32. The molecule has 0 radical (unpaired) electrons. The number of H-pyrrole nitrogens is 2. The van der Waals surface area contributed by atoms with E-state index < -0.39 is 54.5 Å². The van der Waals surface area contributed by atoms with Crippen LogP contribution in [0.4, 0.5) is 0 Å². The molecule has 13 heteroatoms. The highest BCUT2D eigenvalue weighted by Gasteiger charge is 2.30. The zero-order valence-electron chi connectivity index (χ0n) is 19.5. The molecule has 2 aromatic heterocycles. The van der Waals surface area contributed by atoms with E-state index >= 15 is 0 Å². The van der Waals surface area contributed by atoms with Crippen molar-refractivity contribution in [3.8, 4) is 0 Å². The number of para-hydroxylation sites is 1. The Kier molecular flexibility index (Phi) is 8.76. The van der Waals surface area contributed by atoms with Crippen LogP contribution in [0.5, 0.6) is 0 Å². The molecule has 0 saturated heterocycles. The fourth-order valence-electron chi connectivity index (χ4n) is 3.58. The summed E-state index contributed by atoms with van der Waals surface area (Å²) in [5.74, 6) is -3.51. The fraction of sp³-hybridized carbons (Fsp3) is 0.348. The molecule has 4 unspecified atom stereocenters. The van der Waals surface area contributed by atoms with Crippen molar-refractivity contribution in [1.82, 2.24) is 30.9 Å². The van der Waals surface area contributed by atoms with Gasteiger partial charge in [-0.05, 0) is 18.6 Å². The van der Waals surface area contributed by atoms with Gasteiger partial charge >= 0.3 is 5.97 Å². The molecule has 13 nitrogen and oxygen atoms in total. The zero-order chi connectivity index (χ0) is 26.2. The largest absolute Gasteiger partial charge is 0.480 e. The number of aliphatic hydroxyl groups excluding tert-OH is 1. The van der Waals surface area contributed by atoms with Gasteiger partial charge in [0.2, 0.25) is 17.7 Å². The van der Waals surface area contributed by atoms with Gasteiger partial charge in [0, 0.05) is 41.8 Å². The normalized spacial score (nSPS) is 14.4. The number of aromatic nitrogens is 3. The Labute approximate surface area is 205 Å². The summed E-state index contributed by atoms with van der Waals surface area (Å²) in [6, 6.07) is 2.61. The van der Waals surface area contributed by atoms with Crippen molar-refractivity contribution in [2.45, 2.75) is 43.9 Å². The van der Waals surface area contributed by atoms with Gasteiger partial charge < -0.3 is 41.9 Å². The lowest BCUT2D eigenvalue weighted by molar-refractivity contribution is -0.142. The molecule has 9 N–H and O–H groups in total. The Bertz CT molecular complexity index is 1210. The summed E-state index contributed by atoms with van der Waals surface area (Å²) in [6.45, 7) is 0.467. The molecule has 0 aliphatic carbocycles. The highest BCUT2D eigenvalue weighted by Crippen LogP contribution is 2.19. The molecule has 192 valence electrons. The van der Waals surface area contributed by atoms with Crippen molar-refractivity contribution in [2.24, 2.45) is 5.73 Å². The molecule has 36 heavy (non-hydrogen) atoms. The number of nitrogens with two attached hydrogens (primary N) is 1. The van der Waals surface area contributed by atoms with Gasteiger partial charge in [-0.3, -0.25) is 19.2 Å². The van der Waals surface area contributed by atoms with E-state index in [4.69, 9.17) is 10.8 Å². The first-order chi connectivity index (χ1) is 17.2. The van der Waals surface area contributed by atoms with Gasteiger partial charge in [0.15, 0.2) is 0 Å². The van der Waals surface area contributed by atoms with Gasteiger partial charge in [-0.2, -0.15) is 0 Å². The lowest BCUT2D eigenvalue weighted by Crippen LogP contribution is -2.58. The molecule has 2 heterocycles. The molecule has 0 bridgehead atoms. The lowest BCUT2D eigenvalue weighted by atomic mass is 10.0. The first kappa shape index (κ1) is 26.4. The minimum Gasteiger partial charge on any atom is -0.480 e. The van der Waals surface area contributed by atoms with Crippen LogP contribution in [-0.2, 0) is 32.0 Å². The number of amides is 3. The third-order valence-corrected chi connectivity index (χ3v) is 5.61. The molecule has 0 fully saturated rings. The van der Waals surface area contributed by atoms with Crippen LogP contribution in [0.25, 0.3) is 10.9 Å². The number of carboxylic acids is 1. The quantitative estimate of drug-likeness (QED) is 0.147. The van der Waals surface area contributed by atoms with Gasteiger partial charge in [-0.1, -0.05) is 18.2 Å². The number of carbonyl (C=O) groups is 4. The first-order valence-electron chi connectivity index (χ1n) is 11.2. The molecule has 0 saturated carbocycles. The summed E-state index contributed by atoms with van der Waals surface area (Å²) in [7, 11) is 0. The number of carboxylic acid groups (broad SMARTS) is 1. The van der Waals surface area contributed by atoms with Crippen molar-refractivity contribution in [2.75, 3.05) is 6.61 Å². The number of nitrogens with one attached hydrogen (secondary N) is 5. The number of nitrogens with zero attached hydrogens (tertiary/aromatic N) is 1. The lowest BCUT2D eigenvalue weighted by Gasteiger charge is -2.24. The van der Waals surface area contributed by atoms with Crippen molar-refractivity contribution in [3.05, 3.63) is 54.2 Å². The summed E-state index contributed by atoms with van der Waals surface area (Å²) in [5.41, 5.74) is 8.23. The molecule has 3 rings (SSSR count). The van der Waals surface area contributed by atoms with Gasteiger partial charge in [-0.25, -0.2) is 4.98 Å². The van der Waals surface area contributed by atoms with E-state index in [1.54, 1.807) is 6.20 Å². The SMILES string of the molecule is CC(NC(=O)C(CO)NC(=O)C(Cc1c[nH]c2ccccc12)NC(=O)C(N)Cc1cnc[nH]1)C(=O)O. The van der Waals surface area contributed by atoms with Crippen LogP contribution >= 0.6 is 0 Å². The van der Waals surface area contributed by atoms with Crippen molar-refractivity contribution in [1.29, 1.82) is 0 Å². The second-order valence-corrected chi connectivity index (χ2v) is 8.32. The molecule has 0 spiro atoms. The summed E-state index contributed by atoms with van der Waals surface area (Å²) < 4.78 is 0. The van der Waals surface area contributed by atoms with Crippen LogP contribution in [0, 0.1) is 0 Å². The average Bonchev–Trinajstić information content (AvgIpc) is 3.51. The number of hydrogen-bond acceptors (Lipinski definition) is 7. The second kappa shape index (κ2) is 12.0. The van der Waals surface area contributed by atoms with Crippen molar-refractivity contribution >= 4 is 34.6 Å². The number of aliphatic hydroxyl groups is 1. The van der Waals surface area contributed by atoms with Crippen molar-refractivity contribution < 1.29 is 29.4 Å². The van der Waals surface area contributed by atoms with Gasteiger partial charge in [0.25, 0.3) is 0 Å².